The predicted molar refractivity (Wildman–Crippen MR) is 104 cm³/mol. The van der Waals surface area contributed by atoms with E-state index >= 15 is 0 Å². The molecule has 1 atom stereocenters. The van der Waals surface area contributed by atoms with Gasteiger partial charge in [0.15, 0.2) is 0 Å². The Hall–Kier alpha value is -2.04. The summed E-state index contributed by atoms with van der Waals surface area (Å²) < 4.78 is 4.22. The van der Waals surface area contributed by atoms with Crippen LogP contribution in [-0.2, 0) is 19.5 Å². The summed E-state index contributed by atoms with van der Waals surface area (Å²) in [7, 11) is 0. The average Bonchev–Trinajstić information content (AvgIpc) is 2.95. The van der Waals surface area contributed by atoms with Crippen molar-refractivity contribution < 1.29 is 0 Å². The average molecular weight is 332 g/mol. The van der Waals surface area contributed by atoms with Gasteiger partial charge in [0.1, 0.15) is 17.5 Å². The Bertz CT molecular complexity index is 646. The molecule has 0 radical (unpaired) electrons. The summed E-state index contributed by atoms with van der Waals surface area (Å²) in [5.41, 5.74) is 20.9. The first-order chi connectivity index (χ1) is 11.3. The zero-order valence-corrected chi connectivity index (χ0v) is 15.5. The molecule has 0 aliphatic carbocycles. The van der Waals surface area contributed by atoms with E-state index in [1.807, 2.05) is 12.1 Å². The summed E-state index contributed by atoms with van der Waals surface area (Å²) in [6.45, 7) is 10.6. The van der Waals surface area contributed by atoms with Crippen molar-refractivity contribution in [2.45, 2.75) is 60.0 Å². The maximum absolute atomic E-state index is 6.34. The van der Waals surface area contributed by atoms with Gasteiger partial charge in [-0.1, -0.05) is 20.8 Å². The van der Waals surface area contributed by atoms with E-state index in [9.17, 15) is 0 Å². The summed E-state index contributed by atoms with van der Waals surface area (Å²) in [6, 6.07) is 6.07. The van der Waals surface area contributed by atoms with E-state index in [0.717, 1.165) is 49.8 Å². The minimum absolute atomic E-state index is 0.522. The molecule has 0 bridgehead atoms. The van der Waals surface area contributed by atoms with E-state index in [1.54, 1.807) is 0 Å². The zero-order chi connectivity index (χ0) is 17.9. The molecular weight excluding hydrogens is 298 g/mol. The highest BCUT2D eigenvalue weighted by molar-refractivity contribution is 5.53. The molecule has 0 fully saturated rings. The first-order valence-corrected chi connectivity index (χ1v) is 8.94. The zero-order valence-electron chi connectivity index (χ0n) is 15.5. The molecule has 24 heavy (non-hydrogen) atoms. The van der Waals surface area contributed by atoms with Gasteiger partial charge in [-0.15, -0.1) is 0 Å². The number of rotatable bonds is 8. The summed E-state index contributed by atoms with van der Waals surface area (Å²) in [6.07, 6.45) is 3.10. The van der Waals surface area contributed by atoms with Crippen molar-refractivity contribution in [2.24, 2.45) is 11.8 Å². The number of aryl methyl sites for hydroxylation is 1. The topological polar surface area (TPSA) is 87.9 Å². The van der Waals surface area contributed by atoms with Crippen LogP contribution in [0.5, 0.6) is 0 Å². The van der Waals surface area contributed by atoms with Crippen LogP contribution in [-0.4, -0.2) is 9.13 Å². The Balaban J connectivity index is 1.96. The Morgan fingerprint density at radius 2 is 1.58 bits per heavy atom. The fourth-order valence-corrected chi connectivity index (χ4v) is 3.17. The lowest BCUT2D eigenvalue weighted by Crippen LogP contribution is -2.11. The number of hydrogen-bond donors (Lipinski definition) is 3. The molecule has 2 aromatic rings. The highest BCUT2D eigenvalue weighted by Gasteiger charge is 2.14. The van der Waals surface area contributed by atoms with Crippen LogP contribution in [0.2, 0.25) is 0 Å². The minimum atomic E-state index is 0.522. The van der Waals surface area contributed by atoms with Crippen molar-refractivity contribution in [2.75, 3.05) is 17.2 Å². The van der Waals surface area contributed by atoms with Gasteiger partial charge < -0.3 is 26.3 Å². The predicted octanol–water partition coefficient (Wildman–Crippen LogP) is 3.66. The van der Waals surface area contributed by atoms with Crippen molar-refractivity contribution >= 4 is 17.5 Å². The fraction of sp³-hybridized carbons (Fsp3) is 0.579. The first-order valence-electron chi connectivity index (χ1n) is 8.94. The van der Waals surface area contributed by atoms with Crippen molar-refractivity contribution in [3.63, 3.8) is 0 Å². The molecule has 0 aromatic carbocycles. The molecule has 1 unspecified atom stereocenters. The van der Waals surface area contributed by atoms with Crippen molar-refractivity contribution in [1.82, 2.24) is 9.13 Å². The van der Waals surface area contributed by atoms with E-state index in [0.29, 0.717) is 11.8 Å². The van der Waals surface area contributed by atoms with Crippen LogP contribution < -0.4 is 17.2 Å². The number of anilines is 3. The highest BCUT2D eigenvalue weighted by Crippen LogP contribution is 2.26. The van der Waals surface area contributed by atoms with Gasteiger partial charge >= 0.3 is 0 Å². The molecule has 0 spiro atoms. The van der Waals surface area contributed by atoms with Crippen LogP contribution in [0.3, 0.4) is 0 Å². The lowest BCUT2D eigenvalue weighted by atomic mass is 9.99. The molecule has 2 aromatic heterocycles. The van der Waals surface area contributed by atoms with Gasteiger partial charge in [-0.2, -0.15) is 0 Å². The second-order valence-corrected chi connectivity index (χ2v) is 7.46. The standard InChI is InChI=1S/C19H33N5/c1-13(2)7-9-24-18(21)12-16(19(24)22)11-14(3)8-10-23-15(4)5-6-17(23)20/h5-6,12-14H,7-11,20-22H2,1-4H3. The SMILES string of the molecule is Cc1ccc(N)n1CCC(C)Cc1cc(N)n(CCC(C)C)c1N. The van der Waals surface area contributed by atoms with Crippen molar-refractivity contribution in [1.29, 1.82) is 0 Å². The largest absolute Gasteiger partial charge is 0.385 e. The third-order valence-corrected chi connectivity index (χ3v) is 4.83. The smallest absolute Gasteiger partial charge is 0.108 e. The number of aromatic nitrogens is 2. The van der Waals surface area contributed by atoms with Crippen LogP contribution in [0, 0.1) is 18.8 Å². The van der Waals surface area contributed by atoms with Gasteiger partial charge in [0.25, 0.3) is 0 Å². The fourth-order valence-electron chi connectivity index (χ4n) is 3.17. The van der Waals surface area contributed by atoms with Crippen LogP contribution in [0.15, 0.2) is 18.2 Å². The maximum atomic E-state index is 6.34. The van der Waals surface area contributed by atoms with Crippen molar-refractivity contribution in [3.05, 3.63) is 29.5 Å². The highest BCUT2D eigenvalue weighted by atomic mass is 15.1. The summed E-state index contributed by atoms with van der Waals surface area (Å²) in [4.78, 5) is 0. The van der Waals surface area contributed by atoms with E-state index in [2.05, 4.69) is 42.9 Å². The van der Waals surface area contributed by atoms with Crippen LogP contribution in [0.1, 0.15) is 44.9 Å². The molecule has 0 saturated carbocycles. The molecule has 0 aliphatic heterocycles. The van der Waals surface area contributed by atoms with Crippen LogP contribution >= 0.6 is 0 Å². The normalized spacial score (nSPS) is 12.9. The molecule has 2 rings (SSSR count). The first kappa shape index (κ1) is 18.3. The molecule has 5 heteroatoms. The molecule has 0 amide bonds. The minimum Gasteiger partial charge on any atom is -0.385 e. The monoisotopic (exact) mass is 331 g/mol. The molecular formula is C19H33N5. The van der Waals surface area contributed by atoms with Gasteiger partial charge in [-0.3, -0.25) is 0 Å². The maximum Gasteiger partial charge on any atom is 0.108 e. The summed E-state index contributed by atoms with van der Waals surface area (Å²) in [5.74, 6) is 3.61. The van der Waals surface area contributed by atoms with Gasteiger partial charge in [0.2, 0.25) is 0 Å². The second-order valence-electron chi connectivity index (χ2n) is 7.46. The Labute approximate surface area is 145 Å². The number of nitrogens with zero attached hydrogens (tertiary/aromatic N) is 2. The second kappa shape index (κ2) is 7.69. The number of nitrogen functional groups attached to an aromatic ring is 3. The lowest BCUT2D eigenvalue weighted by Gasteiger charge is -2.15. The quantitative estimate of drug-likeness (QED) is 0.689. The molecule has 134 valence electrons. The summed E-state index contributed by atoms with van der Waals surface area (Å²) in [5, 5.41) is 0. The van der Waals surface area contributed by atoms with Gasteiger partial charge in [0, 0.05) is 18.8 Å². The summed E-state index contributed by atoms with van der Waals surface area (Å²) >= 11 is 0. The Morgan fingerprint density at radius 1 is 0.917 bits per heavy atom. The third-order valence-electron chi connectivity index (χ3n) is 4.83. The van der Waals surface area contributed by atoms with Gasteiger partial charge in [-0.25, -0.2) is 0 Å². The third kappa shape index (κ3) is 4.28. The lowest BCUT2D eigenvalue weighted by molar-refractivity contribution is 0.477. The molecule has 6 N–H and O–H groups in total. The molecule has 0 saturated heterocycles. The van der Waals surface area contributed by atoms with E-state index in [4.69, 9.17) is 17.2 Å². The van der Waals surface area contributed by atoms with Gasteiger partial charge in [-0.05, 0) is 61.8 Å². The van der Waals surface area contributed by atoms with Crippen molar-refractivity contribution in [3.8, 4) is 0 Å². The molecule has 0 aliphatic rings. The Morgan fingerprint density at radius 3 is 2.17 bits per heavy atom. The Kier molecular flexibility index (Phi) is 5.86. The molecule has 5 nitrogen and oxygen atoms in total. The van der Waals surface area contributed by atoms with Gasteiger partial charge in [0.05, 0.1) is 0 Å². The number of nitrogens with two attached hydrogens (primary N) is 3. The molecule has 2 heterocycles. The van der Waals surface area contributed by atoms with E-state index in [-0.39, 0.29) is 0 Å². The van der Waals surface area contributed by atoms with Crippen LogP contribution in [0.4, 0.5) is 17.5 Å². The number of hydrogen-bond acceptors (Lipinski definition) is 3. The van der Waals surface area contributed by atoms with E-state index < -0.39 is 0 Å². The van der Waals surface area contributed by atoms with Crippen LogP contribution in [0.25, 0.3) is 0 Å². The van der Waals surface area contributed by atoms with E-state index in [1.165, 1.54) is 11.3 Å².